The third-order valence-electron chi connectivity index (χ3n) is 5.87. The van der Waals surface area contributed by atoms with Crippen LogP contribution in [0.4, 0.5) is 0 Å². The number of hydrazone groups is 1. The number of benzene rings is 3. The van der Waals surface area contributed by atoms with Gasteiger partial charge in [-0.25, -0.2) is 0 Å². The van der Waals surface area contributed by atoms with Crippen molar-refractivity contribution in [1.29, 1.82) is 5.41 Å². The van der Waals surface area contributed by atoms with Gasteiger partial charge in [0.15, 0.2) is 5.84 Å². The van der Waals surface area contributed by atoms with Gasteiger partial charge in [0, 0.05) is 0 Å². The Kier molecular flexibility index (Phi) is 7.55. The van der Waals surface area contributed by atoms with Crippen molar-refractivity contribution in [2.24, 2.45) is 10.1 Å². The molecule has 0 radical (unpaired) electrons. The molecule has 0 saturated heterocycles. The number of amidine groups is 2. The van der Waals surface area contributed by atoms with Gasteiger partial charge < -0.3 is 14.2 Å². The molecule has 192 valence electrons. The Bertz CT molecular complexity index is 1470. The smallest absolute Gasteiger partial charge is 0.283 e. The Labute approximate surface area is 225 Å². The molecule has 0 fully saturated rings. The van der Waals surface area contributed by atoms with Gasteiger partial charge in [-0.05, 0) is 84.8 Å². The number of aliphatic imine (C=N–C) groups is 1. The fourth-order valence-corrected chi connectivity index (χ4v) is 4.53. The summed E-state index contributed by atoms with van der Waals surface area (Å²) in [5, 5.41) is 15.4. The van der Waals surface area contributed by atoms with Crippen molar-refractivity contribution in [3.05, 3.63) is 95.1 Å². The molecule has 0 unspecified atom stereocenters. The van der Waals surface area contributed by atoms with E-state index in [4.69, 9.17) is 19.6 Å². The quantitative estimate of drug-likeness (QED) is 0.294. The number of amides is 1. The fraction of sp³-hybridized carbons (Fsp3) is 0.172. The van der Waals surface area contributed by atoms with Crippen molar-refractivity contribution in [3.63, 3.8) is 0 Å². The second-order valence-corrected chi connectivity index (χ2v) is 9.67. The van der Waals surface area contributed by atoms with Crippen molar-refractivity contribution in [2.45, 2.75) is 13.8 Å². The van der Waals surface area contributed by atoms with Gasteiger partial charge in [0.1, 0.15) is 42.1 Å². The molecule has 0 bridgehead atoms. The molecule has 0 saturated carbocycles. The van der Waals surface area contributed by atoms with E-state index in [1.807, 2.05) is 72.8 Å². The van der Waals surface area contributed by atoms with Crippen LogP contribution in [0.2, 0.25) is 0 Å². The molecule has 0 aliphatic carbocycles. The van der Waals surface area contributed by atoms with Gasteiger partial charge >= 0.3 is 0 Å². The van der Waals surface area contributed by atoms with Crippen LogP contribution in [0.5, 0.6) is 17.2 Å². The molecule has 2 aliphatic rings. The predicted molar refractivity (Wildman–Crippen MR) is 150 cm³/mol. The van der Waals surface area contributed by atoms with E-state index in [0.29, 0.717) is 40.5 Å². The lowest BCUT2D eigenvalue weighted by Gasteiger charge is -2.20. The number of hydrogen-bond donors (Lipinski definition) is 1. The molecule has 5 rings (SSSR count). The van der Waals surface area contributed by atoms with Crippen LogP contribution in [0.1, 0.15) is 16.7 Å². The monoisotopic (exact) mass is 526 g/mol. The largest absolute Gasteiger partial charge is 0.490 e. The number of nitrogens with one attached hydrogen (secondary N) is 1. The molecule has 1 amide bonds. The second kappa shape index (κ2) is 11.4. The summed E-state index contributed by atoms with van der Waals surface area (Å²) in [5.41, 5.74) is 3.27. The summed E-state index contributed by atoms with van der Waals surface area (Å²) in [5.74, 6) is 1.64. The lowest BCUT2D eigenvalue weighted by molar-refractivity contribution is -0.114. The maximum atomic E-state index is 12.7. The van der Waals surface area contributed by atoms with Crippen molar-refractivity contribution >= 4 is 39.8 Å². The average molecular weight is 527 g/mol. The summed E-state index contributed by atoms with van der Waals surface area (Å²) in [4.78, 5) is 16.9. The van der Waals surface area contributed by atoms with Gasteiger partial charge in [0.25, 0.3) is 5.91 Å². The molecule has 2 aliphatic heterocycles. The summed E-state index contributed by atoms with van der Waals surface area (Å²) in [6, 6.07) is 22.7. The lowest BCUT2D eigenvalue weighted by Crippen LogP contribution is -2.35. The molecule has 8 nitrogen and oxygen atoms in total. The second-order valence-electron chi connectivity index (χ2n) is 8.63. The highest BCUT2D eigenvalue weighted by Gasteiger charge is 2.35. The third-order valence-corrected chi connectivity index (χ3v) is 6.75. The number of rotatable bonds is 9. The zero-order valence-electron chi connectivity index (χ0n) is 21.0. The molecular weight excluding hydrogens is 500 g/mol. The van der Waals surface area contributed by atoms with E-state index in [0.717, 1.165) is 5.75 Å². The van der Waals surface area contributed by atoms with E-state index >= 15 is 0 Å². The van der Waals surface area contributed by atoms with Crippen LogP contribution in [0.25, 0.3) is 6.08 Å². The number of para-hydroxylation sites is 1. The summed E-state index contributed by atoms with van der Waals surface area (Å²) < 4.78 is 17.4. The summed E-state index contributed by atoms with van der Waals surface area (Å²) in [6.45, 7) is 5.10. The molecule has 0 atom stereocenters. The van der Waals surface area contributed by atoms with Crippen LogP contribution in [-0.2, 0) is 4.79 Å². The normalized spacial score (nSPS) is 15.7. The van der Waals surface area contributed by atoms with E-state index in [1.54, 1.807) is 6.08 Å². The lowest BCUT2D eigenvalue weighted by atomic mass is 10.1. The number of carbonyl (C=O) groups is 1. The van der Waals surface area contributed by atoms with E-state index in [1.165, 1.54) is 27.9 Å². The van der Waals surface area contributed by atoms with Crippen LogP contribution in [0.3, 0.4) is 0 Å². The number of ether oxygens (including phenoxy) is 3. The molecule has 1 N–H and O–H groups in total. The minimum atomic E-state index is -0.484. The first kappa shape index (κ1) is 25.3. The van der Waals surface area contributed by atoms with Crippen molar-refractivity contribution in [3.8, 4) is 17.2 Å². The number of nitrogens with zero attached hydrogens (tertiary/aromatic N) is 3. The minimum absolute atomic E-state index is 0.0321. The maximum Gasteiger partial charge on any atom is 0.283 e. The van der Waals surface area contributed by atoms with Crippen LogP contribution < -0.4 is 14.2 Å². The van der Waals surface area contributed by atoms with Gasteiger partial charge in [0.05, 0.1) is 5.57 Å². The summed E-state index contributed by atoms with van der Waals surface area (Å²) in [7, 11) is 0. The summed E-state index contributed by atoms with van der Waals surface area (Å²) in [6.07, 6.45) is 1.63. The van der Waals surface area contributed by atoms with E-state index in [2.05, 4.69) is 23.9 Å². The Hall–Kier alpha value is -4.37. The standard InChI is InChI=1S/C29H26N4O4S/c1-19-11-12-24(15-20(19)2)36-14-13-35-23-10-6-7-21(16-23)17-25-27(30)33-29(31-28(25)34)38-26(32-33)18-37-22-8-4-3-5-9-22/h3-12,15-17,30H,13-14,18H2,1-2H3. The molecular formula is C29H26N4O4S. The fourth-order valence-electron chi connectivity index (χ4n) is 3.74. The highest BCUT2D eigenvalue weighted by Crippen LogP contribution is 2.29. The van der Waals surface area contributed by atoms with Crippen LogP contribution in [-0.4, -0.2) is 46.8 Å². The van der Waals surface area contributed by atoms with Crippen molar-refractivity contribution in [1.82, 2.24) is 5.01 Å². The molecule has 0 spiro atoms. The Morgan fingerprint density at radius 3 is 2.37 bits per heavy atom. The third kappa shape index (κ3) is 5.95. The number of hydrogen-bond acceptors (Lipinski definition) is 7. The van der Waals surface area contributed by atoms with Gasteiger partial charge in [-0.2, -0.15) is 15.1 Å². The van der Waals surface area contributed by atoms with Gasteiger partial charge in [-0.1, -0.05) is 36.4 Å². The zero-order chi connectivity index (χ0) is 26.5. The first-order chi connectivity index (χ1) is 18.5. The molecule has 3 aromatic rings. The molecule has 3 aromatic carbocycles. The zero-order valence-corrected chi connectivity index (χ0v) is 21.8. The predicted octanol–water partition coefficient (Wildman–Crippen LogP) is 5.46. The maximum absolute atomic E-state index is 12.7. The van der Waals surface area contributed by atoms with Crippen LogP contribution in [0, 0.1) is 19.3 Å². The average Bonchev–Trinajstić information content (AvgIpc) is 3.34. The van der Waals surface area contributed by atoms with E-state index in [9.17, 15) is 4.79 Å². The first-order valence-electron chi connectivity index (χ1n) is 12.1. The molecule has 0 aromatic heterocycles. The highest BCUT2D eigenvalue weighted by molar-refractivity contribution is 8.27. The Balaban J connectivity index is 1.20. The minimum Gasteiger partial charge on any atom is -0.490 e. The van der Waals surface area contributed by atoms with Gasteiger partial charge in [-0.3, -0.25) is 10.2 Å². The van der Waals surface area contributed by atoms with Gasteiger partial charge in [-0.15, -0.1) is 0 Å². The first-order valence-corrected chi connectivity index (χ1v) is 12.9. The van der Waals surface area contributed by atoms with Crippen LogP contribution in [0.15, 0.2) is 88.5 Å². The highest BCUT2D eigenvalue weighted by atomic mass is 32.2. The SMILES string of the molecule is Cc1ccc(OCCOc2cccc(C=C3C(=N)N4N=C(COc5ccccc5)SC4=NC3=O)c2)cc1C. The van der Waals surface area contributed by atoms with Gasteiger partial charge in [0.2, 0.25) is 5.17 Å². The summed E-state index contributed by atoms with van der Waals surface area (Å²) >= 11 is 1.22. The Morgan fingerprint density at radius 2 is 1.61 bits per heavy atom. The molecule has 38 heavy (non-hydrogen) atoms. The number of fused-ring (bicyclic) bond motifs is 1. The van der Waals surface area contributed by atoms with Crippen molar-refractivity contribution in [2.75, 3.05) is 19.8 Å². The number of carbonyl (C=O) groups excluding carboxylic acids is 1. The molecule has 2 heterocycles. The van der Waals surface area contributed by atoms with E-state index < -0.39 is 5.91 Å². The van der Waals surface area contributed by atoms with Crippen molar-refractivity contribution < 1.29 is 19.0 Å². The topological polar surface area (TPSA) is 96.6 Å². The molecule has 9 heteroatoms. The van der Waals surface area contributed by atoms with E-state index in [-0.39, 0.29) is 18.0 Å². The Morgan fingerprint density at radius 1 is 0.868 bits per heavy atom. The van der Waals surface area contributed by atoms with Crippen LogP contribution >= 0.6 is 11.8 Å². The number of thioether (sulfide) groups is 1. The number of aryl methyl sites for hydroxylation is 2.